The van der Waals surface area contributed by atoms with Crippen molar-refractivity contribution in [3.05, 3.63) is 34.4 Å². The Morgan fingerprint density at radius 3 is 3.19 bits per heavy atom. The predicted molar refractivity (Wildman–Crippen MR) is 61.7 cm³/mol. The summed E-state index contributed by atoms with van der Waals surface area (Å²) in [7, 11) is 0. The van der Waals surface area contributed by atoms with E-state index >= 15 is 0 Å². The van der Waals surface area contributed by atoms with Crippen molar-refractivity contribution in [3.8, 4) is 0 Å². The van der Waals surface area contributed by atoms with Crippen LogP contribution in [0.4, 0.5) is 5.00 Å². The van der Waals surface area contributed by atoms with Crippen LogP contribution in [0.5, 0.6) is 0 Å². The van der Waals surface area contributed by atoms with E-state index < -0.39 is 0 Å². The monoisotopic (exact) mass is 237 g/mol. The summed E-state index contributed by atoms with van der Waals surface area (Å²) in [5, 5.41) is 12.0. The first kappa shape index (κ1) is 10.7. The molecule has 0 unspecified atom stereocenters. The van der Waals surface area contributed by atoms with Gasteiger partial charge >= 0.3 is 0 Å². The highest BCUT2D eigenvalue weighted by atomic mass is 32.1. The summed E-state index contributed by atoms with van der Waals surface area (Å²) in [4.78, 5) is 11.4. The number of anilines is 1. The molecular weight excluding hydrogens is 226 g/mol. The molecular formula is C9H11N5OS. The molecule has 2 heterocycles. The lowest BCUT2D eigenvalue weighted by Gasteiger charge is -2.03. The highest BCUT2D eigenvalue weighted by Crippen LogP contribution is 2.17. The van der Waals surface area contributed by atoms with Crippen LogP contribution in [0.25, 0.3) is 0 Å². The van der Waals surface area contributed by atoms with Crippen molar-refractivity contribution in [2.24, 2.45) is 0 Å². The van der Waals surface area contributed by atoms with Crippen molar-refractivity contribution in [1.29, 1.82) is 0 Å². The lowest BCUT2D eigenvalue weighted by Crippen LogP contribution is -2.22. The van der Waals surface area contributed by atoms with E-state index in [2.05, 4.69) is 20.0 Å². The Kier molecular flexibility index (Phi) is 3.25. The number of nitrogens with zero attached hydrogens (tertiary/aromatic N) is 4. The summed E-state index contributed by atoms with van der Waals surface area (Å²) in [6, 6.07) is 3.09. The number of nitrogens with one attached hydrogen (secondary N) is 1. The molecule has 6 nitrogen and oxygen atoms in total. The van der Waals surface area contributed by atoms with Crippen LogP contribution in [0.2, 0.25) is 0 Å². The van der Waals surface area contributed by atoms with Gasteiger partial charge in [-0.25, -0.2) is 4.68 Å². The molecule has 0 aliphatic rings. The van der Waals surface area contributed by atoms with Gasteiger partial charge in [0.25, 0.3) is 5.56 Å². The summed E-state index contributed by atoms with van der Waals surface area (Å²) >= 11 is 1.28. The van der Waals surface area contributed by atoms with Gasteiger partial charge in [0.15, 0.2) is 0 Å². The summed E-state index contributed by atoms with van der Waals surface area (Å²) < 4.78 is 5.21. The lowest BCUT2D eigenvalue weighted by atomic mass is 10.4. The molecule has 0 aromatic carbocycles. The van der Waals surface area contributed by atoms with Crippen LogP contribution in [-0.4, -0.2) is 25.9 Å². The van der Waals surface area contributed by atoms with Gasteiger partial charge in [0, 0.05) is 30.3 Å². The van der Waals surface area contributed by atoms with Gasteiger partial charge in [-0.3, -0.25) is 4.79 Å². The van der Waals surface area contributed by atoms with Crippen molar-refractivity contribution in [3.63, 3.8) is 0 Å². The van der Waals surface area contributed by atoms with Gasteiger partial charge in [0.05, 0.1) is 6.54 Å². The molecule has 0 spiro atoms. The number of hydrogen-bond donors (Lipinski definition) is 1. The van der Waals surface area contributed by atoms with Gasteiger partial charge < -0.3 is 5.32 Å². The molecule has 0 bridgehead atoms. The Morgan fingerprint density at radius 1 is 1.56 bits per heavy atom. The van der Waals surface area contributed by atoms with Crippen molar-refractivity contribution in [2.75, 3.05) is 11.9 Å². The van der Waals surface area contributed by atoms with Gasteiger partial charge in [-0.1, -0.05) is 4.49 Å². The third-order valence-corrected chi connectivity index (χ3v) is 2.70. The second kappa shape index (κ2) is 4.84. The maximum absolute atomic E-state index is 11.4. The normalized spacial score (nSPS) is 10.3. The fraction of sp³-hybridized carbons (Fsp3) is 0.333. The van der Waals surface area contributed by atoms with Crippen LogP contribution in [-0.2, 0) is 6.54 Å². The second-order valence-corrected chi connectivity index (χ2v) is 3.85. The summed E-state index contributed by atoms with van der Waals surface area (Å²) in [6.07, 6.45) is 1.58. The predicted octanol–water partition coefficient (Wildman–Crippen LogP) is 0.575. The van der Waals surface area contributed by atoms with Crippen molar-refractivity contribution in [1.82, 2.24) is 19.4 Å². The fourth-order valence-electron chi connectivity index (χ4n) is 1.25. The summed E-state index contributed by atoms with van der Waals surface area (Å²) in [5.74, 6) is 0. The third-order valence-electron chi connectivity index (χ3n) is 1.98. The molecule has 7 heteroatoms. The molecule has 2 aromatic heterocycles. The molecule has 0 saturated heterocycles. The van der Waals surface area contributed by atoms with Crippen LogP contribution in [0.15, 0.2) is 23.1 Å². The van der Waals surface area contributed by atoms with E-state index in [1.165, 1.54) is 22.3 Å². The Labute approximate surface area is 96.1 Å². The minimum absolute atomic E-state index is 0.141. The Morgan fingerprint density at radius 2 is 2.44 bits per heavy atom. The largest absolute Gasteiger partial charge is 0.374 e. The molecule has 0 amide bonds. The molecule has 0 radical (unpaired) electrons. The maximum atomic E-state index is 11.4. The molecule has 0 aliphatic carbocycles. The van der Waals surface area contributed by atoms with Crippen molar-refractivity contribution in [2.45, 2.75) is 13.5 Å². The highest BCUT2D eigenvalue weighted by Gasteiger charge is 2.08. The molecule has 0 atom stereocenters. The smallest absolute Gasteiger partial charge is 0.267 e. The molecule has 0 fully saturated rings. The zero-order valence-corrected chi connectivity index (χ0v) is 9.57. The standard InChI is InChI=1S/C9H11N5OS/c1-2-10-9-7(12-13-16-9)6-14-8(15)4-3-5-11-14/h3-5,10H,2,6H2,1H3. The molecule has 84 valence electrons. The first-order valence-corrected chi connectivity index (χ1v) is 5.66. The maximum Gasteiger partial charge on any atom is 0.267 e. The van der Waals surface area contributed by atoms with Gasteiger partial charge in [-0.15, -0.1) is 5.10 Å². The molecule has 0 aliphatic heterocycles. The first-order valence-electron chi connectivity index (χ1n) is 4.88. The van der Waals surface area contributed by atoms with E-state index in [0.717, 1.165) is 17.2 Å². The third kappa shape index (κ3) is 2.25. The average molecular weight is 237 g/mol. The van der Waals surface area contributed by atoms with E-state index in [1.807, 2.05) is 6.92 Å². The molecule has 1 N–H and O–H groups in total. The summed E-state index contributed by atoms with van der Waals surface area (Å²) in [5.41, 5.74) is 0.602. The Hall–Kier alpha value is -1.76. The van der Waals surface area contributed by atoms with E-state index in [1.54, 1.807) is 12.3 Å². The van der Waals surface area contributed by atoms with E-state index in [0.29, 0.717) is 6.54 Å². The van der Waals surface area contributed by atoms with Crippen molar-refractivity contribution < 1.29 is 0 Å². The number of aromatic nitrogens is 4. The minimum Gasteiger partial charge on any atom is -0.374 e. The Bertz CT molecular complexity index is 520. The van der Waals surface area contributed by atoms with E-state index in [4.69, 9.17) is 0 Å². The highest BCUT2D eigenvalue weighted by molar-refractivity contribution is 7.10. The topological polar surface area (TPSA) is 72.7 Å². The van der Waals surface area contributed by atoms with Gasteiger partial charge in [0.1, 0.15) is 10.7 Å². The quantitative estimate of drug-likeness (QED) is 0.841. The zero-order valence-electron chi connectivity index (χ0n) is 8.75. The van der Waals surface area contributed by atoms with Crippen LogP contribution >= 0.6 is 11.5 Å². The lowest BCUT2D eigenvalue weighted by molar-refractivity contribution is 0.627. The van der Waals surface area contributed by atoms with Crippen LogP contribution in [0, 0.1) is 0 Å². The molecule has 2 rings (SSSR count). The van der Waals surface area contributed by atoms with Gasteiger partial charge in [-0.2, -0.15) is 5.10 Å². The fourth-order valence-corrected chi connectivity index (χ4v) is 1.90. The minimum atomic E-state index is -0.141. The second-order valence-electron chi connectivity index (χ2n) is 3.10. The van der Waals surface area contributed by atoms with Crippen LogP contribution < -0.4 is 10.9 Å². The molecule has 16 heavy (non-hydrogen) atoms. The van der Waals surface area contributed by atoms with Crippen molar-refractivity contribution >= 4 is 16.5 Å². The van der Waals surface area contributed by atoms with Gasteiger partial charge in [0.2, 0.25) is 0 Å². The SMILES string of the molecule is CCNc1snnc1Cn1ncccc1=O. The first-order chi connectivity index (χ1) is 7.81. The number of rotatable bonds is 4. The van der Waals surface area contributed by atoms with E-state index in [9.17, 15) is 4.79 Å². The zero-order chi connectivity index (χ0) is 11.4. The van der Waals surface area contributed by atoms with Crippen LogP contribution in [0.3, 0.4) is 0 Å². The van der Waals surface area contributed by atoms with Crippen LogP contribution in [0.1, 0.15) is 12.6 Å². The average Bonchev–Trinajstić information content (AvgIpc) is 2.70. The number of hydrogen-bond acceptors (Lipinski definition) is 6. The molecule has 2 aromatic rings. The molecule has 0 saturated carbocycles. The van der Waals surface area contributed by atoms with Gasteiger partial charge in [-0.05, 0) is 13.0 Å². The van der Waals surface area contributed by atoms with E-state index in [-0.39, 0.29) is 5.56 Å². The summed E-state index contributed by atoms with van der Waals surface area (Å²) in [6.45, 7) is 3.14. The Balaban J connectivity index is 2.24.